The van der Waals surface area contributed by atoms with Gasteiger partial charge in [0.25, 0.3) is 10.0 Å². The van der Waals surface area contributed by atoms with Gasteiger partial charge in [-0.15, -0.1) is 11.3 Å². The Labute approximate surface area is 203 Å². The first kappa shape index (κ1) is 24.7. The number of hydrogen-bond acceptors (Lipinski definition) is 5. The second kappa shape index (κ2) is 9.69. The van der Waals surface area contributed by atoms with Crippen molar-refractivity contribution in [3.63, 3.8) is 0 Å². The molecule has 0 aliphatic carbocycles. The Hall–Kier alpha value is -2.40. The van der Waals surface area contributed by atoms with Crippen molar-refractivity contribution in [2.75, 3.05) is 6.54 Å². The molecule has 3 aromatic rings. The molecule has 34 heavy (non-hydrogen) atoms. The van der Waals surface area contributed by atoms with Crippen molar-refractivity contribution in [1.29, 1.82) is 0 Å². The Morgan fingerprint density at radius 3 is 2.41 bits per heavy atom. The second-order valence-corrected chi connectivity index (χ2v) is 11.5. The van der Waals surface area contributed by atoms with Crippen LogP contribution in [-0.2, 0) is 27.4 Å². The van der Waals surface area contributed by atoms with Crippen molar-refractivity contribution in [3.8, 4) is 11.5 Å². The van der Waals surface area contributed by atoms with E-state index in [0.29, 0.717) is 22.9 Å². The predicted molar refractivity (Wildman–Crippen MR) is 123 cm³/mol. The molecule has 1 aliphatic rings. The highest BCUT2D eigenvalue weighted by atomic mass is 35.5. The highest BCUT2D eigenvalue weighted by Gasteiger charge is 2.42. The van der Waals surface area contributed by atoms with E-state index >= 15 is 0 Å². The first-order chi connectivity index (χ1) is 16.0. The number of thiophene rings is 1. The van der Waals surface area contributed by atoms with E-state index in [2.05, 4.69) is 0 Å². The van der Waals surface area contributed by atoms with Gasteiger partial charge in [-0.05, 0) is 66.9 Å². The van der Waals surface area contributed by atoms with Crippen molar-refractivity contribution >= 4 is 38.7 Å². The molecular weight excluding hydrogens is 511 g/mol. The van der Waals surface area contributed by atoms with Gasteiger partial charge in [0.1, 0.15) is 15.7 Å². The fourth-order valence-electron chi connectivity index (χ4n) is 3.57. The van der Waals surface area contributed by atoms with Crippen molar-refractivity contribution in [2.45, 2.75) is 35.7 Å². The lowest BCUT2D eigenvalue weighted by Crippen LogP contribution is -2.54. The molecule has 5 nitrogen and oxygen atoms in total. The molecule has 180 valence electrons. The Kier molecular flexibility index (Phi) is 7.04. The molecule has 2 aromatic carbocycles. The number of carbonyl (C=O) groups is 1. The summed E-state index contributed by atoms with van der Waals surface area (Å²) < 4.78 is 70.9. The summed E-state index contributed by atoms with van der Waals surface area (Å²) in [6, 6.07) is 13.5. The average molecular weight is 530 g/mol. The van der Waals surface area contributed by atoms with Crippen LogP contribution in [0.5, 0.6) is 11.5 Å². The quantitative estimate of drug-likeness (QED) is 0.350. The molecule has 1 aromatic heterocycles. The minimum Gasteiger partial charge on any atom is -0.457 e. The number of rotatable bonds is 8. The van der Waals surface area contributed by atoms with Gasteiger partial charge in [-0.2, -0.15) is 17.5 Å². The van der Waals surface area contributed by atoms with Gasteiger partial charge in [0.15, 0.2) is 5.78 Å². The lowest BCUT2D eigenvalue weighted by Gasteiger charge is -2.38. The van der Waals surface area contributed by atoms with Gasteiger partial charge in [-0.25, -0.2) is 8.42 Å². The van der Waals surface area contributed by atoms with Crippen LogP contribution >= 0.6 is 22.9 Å². The number of ether oxygens (including phenoxy) is 1. The Bertz CT molecular complexity index is 1290. The van der Waals surface area contributed by atoms with Crippen LogP contribution < -0.4 is 4.74 Å². The number of halogens is 4. The number of ketones is 1. The number of sulfonamides is 1. The van der Waals surface area contributed by atoms with Crippen molar-refractivity contribution in [2.24, 2.45) is 0 Å². The molecule has 1 saturated heterocycles. The van der Waals surface area contributed by atoms with Crippen molar-refractivity contribution in [1.82, 2.24) is 4.31 Å². The zero-order valence-electron chi connectivity index (χ0n) is 17.6. The standard InChI is InChI=1S/C23H19ClF3NO4S2/c24-21-10-11-22(33-21)34(30,31)28-13-12-19(28)20(29)9-4-15-2-1-3-18(14-15)32-17-7-5-16(6-8-17)23(25,26)27/h1-3,5-8,10-11,14,19H,4,9,12-13H2/t19-/m0/s1. The maximum absolute atomic E-state index is 12.8. The SMILES string of the molecule is O=C(CCc1cccc(Oc2ccc(C(F)(F)F)cc2)c1)[C@@H]1CCN1S(=O)(=O)c1ccc(Cl)s1. The third-order valence-electron chi connectivity index (χ3n) is 5.43. The number of aryl methyl sites for hydroxylation is 1. The van der Waals surface area contributed by atoms with Gasteiger partial charge in [-0.1, -0.05) is 23.7 Å². The van der Waals surface area contributed by atoms with Gasteiger partial charge < -0.3 is 4.74 Å². The summed E-state index contributed by atoms with van der Waals surface area (Å²) in [6.45, 7) is 0.282. The molecule has 0 spiro atoms. The highest BCUT2D eigenvalue weighted by Crippen LogP contribution is 2.34. The van der Waals surface area contributed by atoms with E-state index in [9.17, 15) is 26.4 Å². The number of Topliss-reactive ketones (excluding diaryl/α,β-unsaturated/α-hetero) is 1. The summed E-state index contributed by atoms with van der Waals surface area (Å²) in [5, 5.41) is 0. The van der Waals surface area contributed by atoms with Crippen LogP contribution in [0.1, 0.15) is 24.0 Å². The molecule has 11 heteroatoms. The molecule has 0 saturated carbocycles. The van der Waals surface area contributed by atoms with Gasteiger partial charge in [-0.3, -0.25) is 4.79 Å². The molecule has 1 atom stereocenters. The third-order valence-corrected chi connectivity index (χ3v) is 9.04. The summed E-state index contributed by atoms with van der Waals surface area (Å²) in [7, 11) is -3.76. The van der Waals surface area contributed by atoms with Gasteiger partial charge in [0.2, 0.25) is 0 Å². The molecule has 1 fully saturated rings. The zero-order valence-corrected chi connectivity index (χ0v) is 20.0. The first-order valence-electron chi connectivity index (χ1n) is 10.3. The van der Waals surface area contributed by atoms with Crippen LogP contribution in [0.2, 0.25) is 4.34 Å². The average Bonchev–Trinajstić information content (AvgIpc) is 3.18. The van der Waals surface area contributed by atoms with Crippen molar-refractivity contribution < 1.29 is 31.1 Å². The highest BCUT2D eigenvalue weighted by molar-refractivity contribution is 7.91. The maximum Gasteiger partial charge on any atom is 0.416 e. The first-order valence-corrected chi connectivity index (χ1v) is 12.9. The van der Waals surface area contributed by atoms with Crippen LogP contribution in [0.15, 0.2) is 64.9 Å². The fraction of sp³-hybridized carbons (Fsp3) is 0.261. The summed E-state index contributed by atoms with van der Waals surface area (Å²) in [5.41, 5.74) is 0.0258. The van der Waals surface area contributed by atoms with E-state index in [4.69, 9.17) is 16.3 Å². The summed E-state index contributed by atoms with van der Waals surface area (Å²) in [6.07, 6.45) is -3.44. The normalized spacial score (nSPS) is 16.8. The molecule has 0 N–H and O–H groups in total. The van der Waals surface area contributed by atoms with E-state index in [1.54, 1.807) is 24.3 Å². The van der Waals surface area contributed by atoms with E-state index in [1.807, 2.05) is 0 Å². The molecule has 0 radical (unpaired) electrons. The molecular formula is C23H19ClF3NO4S2. The van der Waals surface area contributed by atoms with E-state index < -0.39 is 27.8 Å². The smallest absolute Gasteiger partial charge is 0.416 e. The van der Waals surface area contributed by atoms with E-state index in [1.165, 1.54) is 28.6 Å². The topological polar surface area (TPSA) is 63.7 Å². The van der Waals surface area contributed by atoms with Gasteiger partial charge >= 0.3 is 6.18 Å². The molecule has 2 heterocycles. The molecule has 1 aliphatic heterocycles. The number of hydrogen-bond donors (Lipinski definition) is 0. The van der Waals surface area contributed by atoms with Gasteiger partial charge in [0.05, 0.1) is 15.9 Å². The lowest BCUT2D eigenvalue weighted by atomic mass is 9.97. The van der Waals surface area contributed by atoms with Crippen LogP contribution in [-0.4, -0.2) is 31.1 Å². The van der Waals surface area contributed by atoms with Crippen LogP contribution in [0.25, 0.3) is 0 Å². The van der Waals surface area contributed by atoms with Crippen LogP contribution in [0.4, 0.5) is 13.2 Å². The molecule has 0 amide bonds. The van der Waals surface area contributed by atoms with Crippen LogP contribution in [0, 0.1) is 0 Å². The summed E-state index contributed by atoms with van der Waals surface area (Å²) in [4.78, 5) is 12.7. The number of alkyl halides is 3. The summed E-state index contributed by atoms with van der Waals surface area (Å²) in [5.74, 6) is 0.504. The minimum absolute atomic E-state index is 0.114. The number of nitrogens with zero attached hydrogens (tertiary/aromatic N) is 1. The van der Waals surface area contributed by atoms with Crippen molar-refractivity contribution in [3.05, 3.63) is 76.1 Å². The Morgan fingerprint density at radius 2 is 1.82 bits per heavy atom. The minimum atomic E-state index is -4.42. The largest absolute Gasteiger partial charge is 0.457 e. The predicted octanol–water partition coefficient (Wildman–Crippen LogP) is 6.18. The van der Waals surface area contributed by atoms with E-state index in [-0.39, 0.29) is 28.7 Å². The molecule has 4 rings (SSSR count). The maximum atomic E-state index is 12.8. The summed E-state index contributed by atoms with van der Waals surface area (Å²) >= 11 is 6.81. The molecule has 0 unspecified atom stereocenters. The Morgan fingerprint density at radius 1 is 1.09 bits per heavy atom. The second-order valence-electron chi connectivity index (χ2n) is 7.72. The molecule has 0 bridgehead atoms. The number of carbonyl (C=O) groups excluding carboxylic acids is 1. The third kappa shape index (κ3) is 5.46. The fourth-order valence-corrected chi connectivity index (χ4v) is 6.84. The lowest BCUT2D eigenvalue weighted by molar-refractivity contribution is -0.137. The Balaban J connectivity index is 1.36. The zero-order chi connectivity index (χ0) is 24.5. The van der Waals surface area contributed by atoms with E-state index in [0.717, 1.165) is 29.0 Å². The van der Waals surface area contributed by atoms with Gasteiger partial charge in [0, 0.05) is 13.0 Å². The monoisotopic (exact) mass is 529 g/mol. The number of benzene rings is 2. The van der Waals surface area contributed by atoms with Crippen LogP contribution in [0.3, 0.4) is 0 Å².